The molecular formula is C15H19FN2O3. The van der Waals surface area contributed by atoms with Crippen molar-refractivity contribution in [3.63, 3.8) is 0 Å². The largest absolute Gasteiger partial charge is 0.465 e. The fourth-order valence-corrected chi connectivity index (χ4v) is 2.39. The molecule has 0 radical (unpaired) electrons. The van der Waals surface area contributed by atoms with Crippen LogP contribution in [0.5, 0.6) is 0 Å². The molecule has 114 valence electrons. The lowest BCUT2D eigenvalue weighted by molar-refractivity contribution is -0.125. The topological polar surface area (TPSA) is 67.4 Å². The summed E-state index contributed by atoms with van der Waals surface area (Å²) in [6.07, 6.45) is 1.64. The van der Waals surface area contributed by atoms with Crippen LogP contribution in [-0.4, -0.2) is 32.1 Å². The maximum absolute atomic E-state index is 13.8. The van der Waals surface area contributed by atoms with Crippen molar-refractivity contribution in [3.8, 4) is 0 Å². The average Bonchev–Trinajstić information content (AvgIpc) is 2.49. The number of ether oxygens (including phenoxy) is 1. The van der Waals surface area contributed by atoms with Gasteiger partial charge in [-0.25, -0.2) is 9.18 Å². The third-order valence-corrected chi connectivity index (χ3v) is 3.78. The second-order valence-corrected chi connectivity index (χ2v) is 5.48. The number of nitrogens with one attached hydrogen (secondary N) is 2. The number of hydrogen-bond donors (Lipinski definition) is 2. The van der Waals surface area contributed by atoms with E-state index in [1.807, 2.05) is 6.92 Å². The predicted molar refractivity (Wildman–Crippen MR) is 76.6 cm³/mol. The molecule has 1 amide bonds. The lowest BCUT2D eigenvalue weighted by Crippen LogP contribution is -2.46. The molecule has 1 fully saturated rings. The van der Waals surface area contributed by atoms with Gasteiger partial charge in [-0.3, -0.25) is 4.79 Å². The Kier molecular flexibility index (Phi) is 4.57. The first-order chi connectivity index (χ1) is 9.96. The number of piperidine rings is 1. The summed E-state index contributed by atoms with van der Waals surface area (Å²) in [6.45, 7) is 3.28. The highest BCUT2D eigenvalue weighted by molar-refractivity contribution is 5.97. The smallest absolute Gasteiger partial charge is 0.337 e. The highest BCUT2D eigenvalue weighted by atomic mass is 19.1. The highest BCUT2D eigenvalue weighted by Gasteiger charge is 2.35. The van der Waals surface area contributed by atoms with Crippen molar-refractivity contribution in [3.05, 3.63) is 29.6 Å². The summed E-state index contributed by atoms with van der Waals surface area (Å²) in [5, 5.41) is 5.74. The standard InChI is InChI=1S/C15H19FN2O3/c1-15(6-3-7-17-9-15)14(20)18-12-8-10(13(19)21-2)4-5-11(12)16/h4-5,8,17H,3,6-7,9H2,1-2H3,(H,18,20). The fourth-order valence-electron chi connectivity index (χ4n) is 2.39. The van der Waals surface area contributed by atoms with Crippen LogP contribution in [0.4, 0.5) is 10.1 Å². The summed E-state index contributed by atoms with van der Waals surface area (Å²) in [6, 6.07) is 3.75. The minimum Gasteiger partial charge on any atom is -0.465 e. The van der Waals surface area contributed by atoms with E-state index in [1.54, 1.807) is 0 Å². The molecule has 1 aromatic rings. The maximum atomic E-state index is 13.8. The number of esters is 1. The van der Waals surface area contributed by atoms with Gasteiger partial charge < -0.3 is 15.4 Å². The van der Waals surface area contributed by atoms with Gasteiger partial charge in [-0.05, 0) is 44.5 Å². The molecule has 0 spiro atoms. The van der Waals surface area contributed by atoms with Gasteiger partial charge in [0.2, 0.25) is 5.91 Å². The summed E-state index contributed by atoms with van der Waals surface area (Å²) in [7, 11) is 1.25. The second kappa shape index (κ2) is 6.22. The Morgan fingerprint density at radius 2 is 2.19 bits per heavy atom. The zero-order chi connectivity index (χ0) is 15.5. The molecule has 0 aliphatic carbocycles. The van der Waals surface area contributed by atoms with Gasteiger partial charge in [0.25, 0.3) is 0 Å². The maximum Gasteiger partial charge on any atom is 0.337 e. The predicted octanol–water partition coefficient (Wildman–Crippen LogP) is 1.94. The van der Waals surface area contributed by atoms with Gasteiger partial charge in [-0.2, -0.15) is 0 Å². The van der Waals surface area contributed by atoms with Gasteiger partial charge in [0.15, 0.2) is 0 Å². The van der Waals surface area contributed by atoms with E-state index in [0.29, 0.717) is 6.54 Å². The SMILES string of the molecule is COC(=O)c1ccc(F)c(NC(=O)C2(C)CCCNC2)c1. The van der Waals surface area contributed by atoms with E-state index in [-0.39, 0.29) is 17.2 Å². The van der Waals surface area contributed by atoms with Crippen molar-refractivity contribution >= 4 is 17.6 Å². The minimum absolute atomic E-state index is 0.00491. The number of halogens is 1. The number of rotatable bonds is 3. The summed E-state index contributed by atoms with van der Waals surface area (Å²) in [4.78, 5) is 23.8. The first kappa shape index (κ1) is 15.4. The van der Waals surface area contributed by atoms with Crippen LogP contribution in [0.25, 0.3) is 0 Å². The third-order valence-electron chi connectivity index (χ3n) is 3.78. The number of methoxy groups -OCH3 is 1. The van der Waals surface area contributed by atoms with Crippen molar-refractivity contribution < 1.29 is 18.7 Å². The molecule has 6 heteroatoms. The van der Waals surface area contributed by atoms with Crippen molar-refractivity contribution in [2.45, 2.75) is 19.8 Å². The molecular weight excluding hydrogens is 275 g/mol. The lowest BCUT2D eigenvalue weighted by Gasteiger charge is -2.32. The van der Waals surface area contributed by atoms with Gasteiger partial charge in [0, 0.05) is 6.54 Å². The van der Waals surface area contributed by atoms with Crippen LogP contribution in [0.1, 0.15) is 30.1 Å². The van der Waals surface area contributed by atoms with Crippen LogP contribution in [-0.2, 0) is 9.53 Å². The molecule has 21 heavy (non-hydrogen) atoms. The van der Waals surface area contributed by atoms with Crippen molar-refractivity contribution in [1.82, 2.24) is 5.32 Å². The Morgan fingerprint density at radius 1 is 1.43 bits per heavy atom. The van der Waals surface area contributed by atoms with Gasteiger partial charge in [-0.15, -0.1) is 0 Å². The second-order valence-electron chi connectivity index (χ2n) is 5.48. The van der Waals surface area contributed by atoms with Gasteiger partial charge >= 0.3 is 5.97 Å². The van der Waals surface area contributed by atoms with E-state index in [0.717, 1.165) is 25.5 Å². The zero-order valence-electron chi connectivity index (χ0n) is 12.2. The Balaban J connectivity index is 2.18. The number of anilines is 1. The van der Waals surface area contributed by atoms with E-state index in [9.17, 15) is 14.0 Å². The quantitative estimate of drug-likeness (QED) is 0.836. The van der Waals surface area contributed by atoms with E-state index < -0.39 is 17.2 Å². The molecule has 1 saturated heterocycles. The molecule has 2 rings (SSSR count). The summed E-state index contributed by atoms with van der Waals surface area (Å²) < 4.78 is 18.4. The van der Waals surface area contributed by atoms with Gasteiger partial charge in [-0.1, -0.05) is 0 Å². The molecule has 0 bridgehead atoms. The minimum atomic E-state index is -0.580. The third kappa shape index (κ3) is 3.39. The molecule has 1 aliphatic heterocycles. The first-order valence-corrected chi connectivity index (χ1v) is 6.86. The Bertz CT molecular complexity index is 554. The van der Waals surface area contributed by atoms with E-state index >= 15 is 0 Å². The number of amides is 1. The molecule has 0 aromatic heterocycles. The molecule has 5 nitrogen and oxygen atoms in total. The summed E-state index contributed by atoms with van der Waals surface area (Å²) in [5.74, 6) is -1.41. The van der Waals surface area contributed by atoms with E-state index in [4.69, 9.17) is 0 Å². The average molecular weight is 294 g/mol. The van der Waals surface area contributed by atoms with Crippen LogP contribution >= 0.6 is 0 Å². The zero-order valence-corrected chi connectivity index (χ0v) is 12.2. The molecule has 1 aromatic carbocycles. The van der Waals surface area contributed by atoms with Gasteiger partial charge in [0.1, 0.15) is 5.82 Å². The Morgan fingerprint density at radius 3 is 2.81 bits per heavy atom. The lowest BCUT2D eigenvalue weighted by atomic mass is 9.82. The van der Waals surface area contributed by atoms with E-state index in [2.05, 4.69) is 15.4 Å². The van der Waals surface area contributed by atoms with Crippen LogP contribution in [0.3, 0.4) is 0 Å². The number of benzene rings is 1. The van der Waals surface area contributed by atoms with Crippen LogP contribution in [0.2, 0.25) is 0 Å². The van der Waals surface area contributed by atoms with E-state index in [1.165, 1.54) is 19.2 Å². The molecule has 1 unspecified atom stereocenters. The summed E-state index contributed by atoms with van der Waals surface area (Å²) in [5.41, 5.74) is -0.387. The van der Waals surface area contributed by atoms with Crippen LogP contribution in [0, 0.1) is 11.2 Å². The molecule has 2 N–H and O–H groups in total. The van der Waals surface area contributed by atoms with Crippen molar-refractivity contribution in [2.24, 2.45) is 5.41 Å². The molecule has 1 atom stereocenters. The first-order valence-electron chi connectivity index (χ1n) is 6.86. The molecule has 1 aliphatic rings. The monoisotopic (exact) mass is 294 g/mol. The molecule has 0 saturated carbocycles. The molecule has 1 heterocycles. The van der Waals surface area contributed by atoms with Gasteiger partial charge in [0.05, 0.1) is 23.8 Å². The Hall–Kier alpha value is -1.95. The Labute approximate surface area is 122 Å². The van der Waals surface area contributed by atoms with Crippen molar-refractivity contribution in [2.75, 3.05) is 25.5 Å². The number of carbonyl (C=O) groups excluding carboxylic acids is 2. The van der Waals surface area contributed by atoms with Crippen LogP contribution < -0.4 is 10.6 Å². The van der Waals surface area contributed by atoms with Crippen molar-refractivity contribution in [1.29, 1.82) is 0 Å². The van der Waals surface area contributed by atoms with Crippen LogP contribution in [0.15, 0.2) is 18.2 Å². The fraction of sp³-hybridized carbons (Fsp3) is 0.467. The number of hydrogen-bond acceptors (Lipinski definition) is 4. The highest BCUT2D eigenvalue weighted by Crippen LogP contribution is 2.28. The number of carbonyl (C=O) groups is 2. The summed E-state index contributed by atoms with van der Waals surface area (Å²) >= 11 is 0. The normalized spacial score (nSPS) is 21.7.